The van der Waals surface area contributed by atoms with Crippen LogP contribution in [-0.4, -0.2) is 0 Å². The van der Waals surface area contributed by atoms with Crippen molar-refractivity contribution >= 4 is 52.2 Å². The van der Waals surface area contributed by atoms with Crippen LogP contribution in [0.4, 0.5) is 0 Å². The topological polar surface area (TPSA) is 0 Å². The number of hydrogen-bond donors (Lipinski definition) is 0. The van der Waals surface area contributed by atoms with Gasteiger partial charge >= 0.3 is 0 Å². The molecule has 146 valence electrons. The lowest BCUT2D eigenvalue weighted by atomic mass is 10.0. The molecular formula is C27H26S2. The van der Waals surface area contributed by atoms with Crippen molar-refractivity contribution in [1.29, 1.82) is 0 Å². The van der Waals surface area contributed by atoms with Crippen molar-refractivity contribution < 1.29 is 0 Å². The van der Waals surface area contributed by atoms with E-state index < -0.39 is 0 Å². The Balaban J connectivity index is 1.46. The molecule has 0 atom stereocenters. The first-order valence-corrected chi connectivity index (χ1v) is 12.4. The first-order valence-electron chi connectivity index (χ1n) is 10.8. The lowest BCUT2D eigenvalue weighted by molar-refractivity contribution is 0.632. The average Bonchev–Trinajstić information content (AvgIpc) is 3.29. The molecule has 0 N–H and O–H groups in total. The molecule has 0 nitrogen and oxygen atoms in total. The van der Waals surface area contributed by atoms with Gasteiger partial charge in [0, 0.05) is 20.2 Å². The van der Waals surface area contributed by atoms with Gasteiger partial charge in [-0.05, 0) is 41.7 Å². The molecule has 2 aromatic heterocycles. The second-order valence-corrected chi connectivity index (χ2v) is 10.0. The van der Waals surface area contributed by atoms with Crippen molar-refractivity contribution in [3.8, 4) is 11.1 Å². The van der Waals surface area contributed by atoms with Crippen molar-refractivity contribution in [2.45, 2.75) is 45.4 Å². The highest BCUT2D eigenvalue weighted by Crippen LogP contribution is 2.45. The fraction of sp³-hybridized carbons (Fsp3) is 0.259. The van der Waals surface area contributed by atoms with E-state index in [-0.39, 0.29) is 0 Å². The Morgan fingerprint density at radius 3 is 2.07 bits per heavy atom. The Morgan fingerprint density at radius 1 is 0.621 bits per heavy atom. The maximum Gasteiger partial charge on any atom is 0.0542 e. The van der Waals surface area contributed by atoms with Gasteiger partial charge in [0.25, 0.3) is 0 Å². The van der Waals surface area contributed by atoms with Gasteiger partial charge in [-0.2, -0.15) is 0 Å². The molecule has 0 unspecified atom stereocenters. The summed E-state index contributed by atoms with van der Waals surface area (Å²) in [6, 6.07) is 24.8. The molecule has 5 rings (SSSR count). The first-order chi connectivity index (χ1) is 14.3. The highest BCUT2D eigenvalue weighted by Gasteiger charge is 2.13. The monoisotopic (exact) mass is 414 g/mol. The molecular weight excluding hydrogens is 388 g/mol. The molecule has 2 heterocycles. The SMILES string of the molecule is CCCCCCCc1ccc2c(c1)sc1c3ccc(-c4ccccc4)cc3sc21. The summed E-state index contributed by atoms with van der Waals surface area (Å²) in [5.41, 5.74) is 4.10. The Hall–Kier alpha value is -2.16. The average molecular weight is 415 g/mol. The maximum absolute atomic E-state index is 2.44. The van der Waals surface area contributed by atoms with Gasteiger partial charge in [-0.3, -0.25) is 0 Å². The molecule has 0 fully saturated rings. The van der Waals surface area contributed by atoms with Crippen molar-refractivity contribution in [3.63, 3.8) is 0 Å². The summed E-state index contributed by atoms with van der Waals surface area (Å²) in [7, 11) is 0. The second kappa shape index (κ2) is 8.30. The van der Waals surface area contributed by atoms with E-state index in [1.807, 2.05) is 22.7 Å². The number of hydrogen-bond acceptors (Lipinski definition) is 2. The van der Waals surface area contributed by atoms with Crippen molar-refractivity contribution in [2.24, 2.45) is 0 Å². The number of fused-ring (bicyclic) bond motifs is 5. The Bertz CT molecular complexity index is 1260. The molecule has 2 heteroatoms. The number of unbranched alkanes of at least 4 members (excludes halogenated alkanes) is 4. The van der Waals surface area contributed by atoms with E-state index in [0.29, 0.717) is 0 Å². The summed E-state index contributed by atoms with van der Waals surface area (Å²) in [5, 5.41) is 2.84. The normalized spacial score (nSPS) is 11.8. The molecule has 3 aromatic carbocycles. The third-order valence-corrected chi connectivity index (χ3v) is 8.32. The number of benzene rings is 3. The minimum atomic E-state index is 1.21. The van der Waals surface area contributed by atoms with E-state index in [0.717, 1.165) is 0 Å². The maximum atomic E-state index is 2.44. The van der Waals surface area contributed by atoms with Crippen LogP contribution in [-0.2, 0) is 6.42 Å². The van der Waals surface area contributed by atoms with E-state index in [9.17, 15) is 0 Å². The fourth-order valence-corrected chi connectivity index (χ4v) is 6.96. The predicted molar refractivity (Wildman–Crippen MR) is 133 cm³/mol. The molecule has 0 saturated heterocycles. The van der Waals surface area contributed by atoms with Crippen LogP contribution in [0.3, 0.4) is 0 Å². The van der Waals surface area contributed by atoms with Gasteiger partial charge in [0.1, 0.15) is 0 Å². The standard InChI is InChI=1S/C27H26S2/c1-2-3-4-5-7-10-19-13-15-22-24(17-19)28-27-23-16-14-21(18-25(23)29-26(22)27)20-11-8-6-9-12-20/h6,8-9,11-18H,2-5,7,10H2,1H3. The summed E-state index contributed by atoms with van der Waals surface area (Å²) in [6.07, 6.45) is 7.96. The molecule has 0 aliphatic heterocycles. The Morgan fingerprint density at radius 2 is 1.31 bits per heavy atom. The van der Waals surface area contributed by atoms with Crippen LogP contribution in [0, 0.1) is 0 Å². The van der Waals surface area contributed by atoms with Gasteiger partial charge in [-0.1, -0.05) is 87.2 Å². The highest BCUT2D eigenvalue weighted by atomic mass is 32.1. The van der Waals surface area contributed by atoms with Crippen LogP contribution in [0.2, 0.25) is 0 Å². The molecule has 0 amide bonds. The van der Waals surface area contributed by atoms with Crippen LogP contribution in [0.15, 0.2) is 66.7 Å². The van der Waals surface area contributed by atoms with Crippen molar-refractivity contribution in [2.75, 3.05) is 0 Å². The molecule has 0 bridgehead atoms. The lowest BCUT2D eigenvalue weighted by Crippen LogP contribution is -1.85. The third kappa shape index (κ3) is 3.72. The van der Waals surface area contributed by atoms with Crippen LogP contribution in [0.25, 0.3) is 40.7 Å². The van der Waals surface area contributed by atoms with Crippen molar-refractivity contribution in [1.82, 2.24) is 0 Å². The van der Waals surface area contributed by atoms with Crippen LogP contribution in [0.1, 0.15) is 44.6 Å². The van der Waals surface area contributed by atoms with Gasteiger partial charge in [0.2, 0.25) is 0 Å². The molecule has 0 aliphatic rings. The number of thiophene rings is 2. The molecule has 0 saturated carbocycles. The van der Waals surface area contributed by atoms with Gasteiger partial charge in [-0.25, -0.2) is 0 Å². The predicted octanol–water partition coefficient (Wildman–Crippen LogP) is 9.45. The zero-order valence-corrected chi connectivity index (χ0v) is 18.5. The lowest BCUT2D eigenvalue weighted by Gasteiger charge is -2.02. The van der Waals surface area contributed by atoms with Gasteiger partial charge in [-0.15, -0.1) is 22.7 Å². The smallest absolute Gasteiger partial charge is 0.0542 e. The summed E-state index contributed by atoms with van der Waals surface area (Å²) in [5.74, 6) is 0. The van der Waals surface area contributed by atoms with E-state index in [1.54, 1.807) is 0 Å². The summed E-state index contributed by atoms with van der Waals surface area (Å²) >= 11 is 3.92. The number of rotatable bonds is 7. The van der Waals surface area contributed by atoms with Gasteiger partial charge < -0.3 is 0 Å². The minimum Gasteiger partial charge on any atom is -0.134 e. The van der Waals surface area contributed by atoms with Crippen LogP contribution in [0.5, 0.6) is 0 Å². The molecule has 5 aromatic rings. The van der Waals surface area contributed by atoms with Gasteiger partial charge in [0.15, 0.2) is 0 Å². The van der Waals surface area contributed by atoms with Gasteiger partial charge in [0.05, 0.1) is 9.40 Å². The Labute approximate surface area is 180 Å². The quantitative estimate of drug-likeness (QED) is 0.233. The Kier molecular flexibility index (Phi) is 5.39. The van der Waals surface area contributed by atoms with E-state index in [2.05, 4.69) is 73.7 Å². The zero-order chi connectivity index (χ0) is 19.6. The van der Waals surface area contributed by atoms with Crippen LogP contribution >= 0.6 is 22.7 Å². The largest absolute Gasteiger partial charge is 0.134 e. The zero-order valence-electron chi connectivity index (χ0n) is 16.9. The first kappa shape index (κ1) is 18.8. The molecule has 0 spiro atoms. The second-order valence-electron chi connectivity index (χ2n) is 7.93. The van der Waals surface area contributed by atoms with E-state index in [4.69, 9.17) is 0 Å². The molecule has 29 heavy (non-hydrogen) atoms. The minimum absolute atomic E-state index is 1.21. The van der Waals surface area contributed by atoms with E-state index >= 15 is 0 Å². The van der Waals surface area contributed by atoms with Crippen molar-refractivity contribution in [3.05, 3.63) is 72.3 Å². The number of aryl methyl sites for hydroxylation is 1. The fourth-order valence-electron chi connectivity index (χ4n) is 4.20. The highest BCUT2D eigenvalue weighted by molar-refractivity contribution is 7.36. The summed E-state index contributed by atoms with van der Waals surface area (Å²) in [6.45, 7) is 2.28. The van der Waals surface area contributed by atoms with E-state index in [1.165, 1.54) is 84.8 Å². The van der Waals surface area contributed by atoms with Crippen LogP contribution < -0.4 is 0 Å². The summed E-state index contributed by atoms with van der Waals surface area (Å²) in [4.78, 5) is 0. The molecule has 0 radical (unpaired) electrons. The molecule has 0 aliphatic carbocycles. The summed E-state index contributed by atoms with van der Waals surface area (Å²) < 4.78 is 5.76. The third-order valence-electron chi connectivity index (χ3n) is 5.82.